The largest absolute Gasteiger partial charge is 0.385 e. The molecule has 0 unspecified atom stereocenters. The molecule has 0 fully saturated rings. The van der Waals surface area contributed by atoms with Gasteiger partial charge in [0.15, 0.2) is 0 Å². The fourth-order valence-electron chi connectivity index (χ4n) is 0.737. The maximum absolute atomic E-state index is 5.74. The Morgan fingerprint density at radius 2 is 1.92 bits per heavy atom. The average Bonchev–Trinajstić information content (AvgIpc) is 2.12. The third-order valence-corrected chi connectivity index (χ3v) is 2.85. The standard InChI is InChI=1S/C8H17Cl2NO/c1-8(6-9,7-10)11-4-3-5-12-2/h11H,3-7H2,1-2H3. The van der Waals surface area contributed by atoms with Crippen LogP contribution in [-0.4, -0.2) is 37.6 Å². The van der Waals surface area contributed by atoms with Gasteiger partial charge in [0.2, 0.25) is 0 Å². The van der Waals surface area contributed by atoms with Gasteiger partial charge in [0.25, 0.3) is 0 Å². The molecule has 0 saturated carbocycles. The van der Waals surface area contributed by atoms with Crippen molar-refractivity contribution in [2.45, 2.75) is 18.9 Å². The molecule has 0 amide bonds. The number of nitrogens with one attached hydrogen (secondary N) is 1. The second-order valence-electron chi connectivity index (χ2n) is 3.10. The van der Waals surface area contributed by atoms with Gasteiger partial charge in [-0.25, -0.2) is 0 Å². The molecule has 0 bridgehead atoms. The molecule has 1 N–H and O–H groups in total. The summed E-state index contributed by atoms with van der Waals surface area (Å²) in [6.07, 6.45) is 0.986. The van der Waals surface area contributed by atoms with Crippen LogP contribution in [0, 0.1) is 0 Å². The van der Waals surface area contributed by atoms with E-state index in [9.17, 15) is 0 Å². The van der Waals surface area contributed by atoms with Crippen LogP contribution in [0.25, 0.3) is 0 Å². The summed E-state index contributed by atoms with van der Waals surface area (Å²) in [6.45, 7) is 3.68. The first-order valence-corrected chi connectivity index (χ1v) is 5.11. The lowest BCUT2D eigenvalue weighted by Crippen LogP contribution is -2.46. The zero-order valence-corrected chi connectivity index (χ0v) is 9.21. The molecule has 4 heteroatoms. The van der Waals surface area contributed by atoms with E-state index in [-0.39, 0.29) is 5.54 Å². The highest BCUT2D eigenvalue weighted by Crippen LogP contribution is 2.08. The first-order valence-electron chi connectivity index (χ1n) is 4.04. The smallest absolute Gasteiger partial charge is 0.0474 e. The Balaban J connectivity index is 3.45. The minimum Gasteiger partial charge on any atom is -0.385 e. The molecule has 0 aliphatic heterocycles. The van der Waals surface area contributed by atoms with E-state index in [0.29, 0.717) is 11.8 Å². The zero-order valence-electron chi connectivity index (χ0n) is 7.70. The summed E-state index contributed by atoms with van der Waals surface area (Å²) in [5, 5.41) is 3.29. The van der Waals surface area contributed by atoms with Crippen LogP contribution in [0.5, 0.6) is 0 Å². The lowest BCUT2D eigenvalue weighted by atomic mass is 10.1. The highest BCUT2D eigenvalue weighted by atomic mass is 35.5. The predicted octanol–water partition coefficient (Wildman–Crippen LogP) is 1.85. The molecule has 0 heterocycles. The van der Waals surface area contributed by atoms with Crippen molar-refractivity contribution in [2.24, 2.45) is 0 Å². The van der Waals surface area contributed by atoms with Crippen molar-refractivity contribution in [3.63, 3.8) is 0 Å². The molecule has 0 aromatic rings. The van der Waals surface area contributed by atoms with Gasteiger partial charge in [-0.15, -0.1) is 23.2 Å². The minimum atomic E-state index is -0.142. The Hall–Kier alpha value is 0.500. The van der Waals surface area contributed by atoms with Gasteiger partial charge in [0, 0.05) is 31.0 Å². The van der Waals surface area contributed by atoms with Crippen LogP contribution in [-0.2, 0) is 4.74 Å². The van der Waals surface area contributed by atoms with E-state index in [4.69, 9.17) is 27.9 Å². The highest BCUT2D eigenvalue weighted by Gasteiger charge is 2.20. The maximum Gasteiger partial charge on any atom is 0.0474 e. The van der Waals surface area contributed by atoms with Crippen LogP contribution >= 0.6 is 23.2 Å². The summed E-state index contributed by atoms with van der Waals surface area (Å²) in [6, 6.07) is 0. The van der Waals surface area contributed by atoms with Crippen LogP contribution in [0.3, 0.4) is 0 Å². The fourth-order valence-corrected chi connectivity index (χ4v) is 1.21. The van der Waals surface area contributed by atoms with E-state index >= 15 is 0 Å². The first-order chi connectivity index (χ1) is 5.68. The molecule has 2 nitrogen and oxygen atoms in total. The van der Waals surface area contributed by atoms with E-state index in [1.54, 1.807) is 7.11 Å². The van der Waals surface area contributed by atoms with E-state index in [0.717, 1.165) is 19.6 Å². The SMILES string of the molecule is COCCCNC(C)(CCl)CCl. The Morgan fingerprint density at radius 1 is 1.33 bits per heavy atom. The monoisotopic (exact) mass is 213 g/mol. The number of hydrogen-bond donors (Lipinski definition) is 1. The van der Waals surface area contributed by atoms with Crippen LogP contribution < -0.4 is 5.32 Å². The van der Waals surface area contributed by atoms with Gasteiger partial charge in [0.05, 0.1) is 0 Å². The van der Waals surface area contributed by atoms with E-state index in [2.05, 4.69) is 5.32 Å². The zero-order chi connectivity index (χ0) is 9.45. The molecule has 74 valence electrons. The van der Waals surface area contributed by atoms with Crippen LogP contribution in [0.1, 0.15) is 13.3 Å². The molecule has 0 saturated heterocycles. The normalized spacial score (nSPS) is 12.0. The third kappa shape index (κ3) is 5.20. The van der Waals surface area contributed by atoms with Gasteiger partial charge in [-0.2, -0.15) is 0 Å². The van der Waals surface area contributed by atoms with Gasteiger partial charge in [0.1, 0.15) is 0 Å². The molecular weight excluding hydrogens is 197 g/mol. The second-order valence-corrected chi connectivity index (χ2v) is 3.64. The molecule has 0 aromatic heterocycles. The number of methoxy groups -OCH3 is 1. The molecule has 0 rings (SSSR count). The topological polar surface area (TPSA) is 21.3 Å². The summed E-state index contributed by atoms with van der Waals surface area (Å²) >= 11 is 11.5. The van der Waals surface area contributed by atoms with Crippen molar-refractivity contribution in [1.82, 2.24) is 5.32 Å². The van der Waals surface area contributed by atoms with Crippen molar-refractivity contribution in [2.75, 3.05) is 32.0 Å². The van der Waals surface area contributed by atoms with Crippen LogP contribution in [0.4, 0.5) is 0 Å². The van der Waals surface area contributed by atoms with Gasteiger partial charge < -0.3 is 10.1 Å². The van der Waals surface area contributed by atoms with Gasteiger partial charge >= 0.3 is 0 Å². The number of halogens is 2. The quantitative estimate of drug-likeness (QED) is 0.515. The highest BCUT2D eigenvalue weighted by molar-refractivity contribution is 6.22. The Morgan fingerprint density at radius 3 is 2.33 bits per heavy atom. The minimum absolute atomic E-state index is 0.142. The summed E-state index contributed by atoms with van der Waals surface area (Å²) in [5.41, 5.74) is -0.142. The van der Waals surface area contributed by atoms with E-state index in [1.807, 2.05) is 6.92 Å². The Kier molecular flexibility index (Phi) is 7.25. The van der Waals surface area contributed by atoms with E-state index in [1.165, 1.54) is 0 Å². The Bertz CT molecular complexity index is 107. The number of hydrogen-bond acceptors (Lipinski definition) is 2. The van der Waals surface area contributed by atoms with Crippen LogP contribution in [0.2, 0.25) is 0 Å². The maximum atomic E-state index is 5.74. The van der Waals surface area contributed by atoms with Crippen molar-refractivity contribution < 1.29 is 4.74 Å². The molecule has 12 heavy (non-hydrogen) atoms. The Labute approximate surface area is 84.6 Å². The number of rotatable bonds is 7. The summed E-state index contributed by atoms with van der Waals surface area (Å²) < 4.78 is 4.92. The van der Waals surface area contributed by atoms with Crippen molar-refractivity contribution in [3.8, 4) is 0 Å². The fraction of sp³-hybridized carbons (Fsp3) is 1.00. The van der Waals surface area contributed by atoms with Crippen LogP contribution in [0.15, 0.2) is 0 Å². The van der Waals surface area contributed by atoms with Gasteiger partial charge in [-0.05, 0) is 19.9 Å². The van der Waals surface area contributed by atoms with Crippen molar-refractivity contribution in [3.05, 3.63) is 0 Å². The number of alkyl halides is 2. The molecule has 0 aliphatic carbocycles. The summed E-state index contributed by atoms with van der Waals surface area (Å²) in [5.74, 6) is 1.06. The number of ether oxygens (including phenoxy) is 1. The first kappa shape index (κ1) is 12.5. The lowest BCUT2D eigenvalue weighted by Gasteiger charge is -2.25. The second kappa shape index (κ2) is 6.96. The van der Waals surface area contributed by atoms with Crippen molar-refractivity contribution >= 4 is 23.2 Å². The molecular formula is C8H17Cl2NO. The molecule has 0 radical (unpaired) electrons. The van der Waals surface area contributed by atoms with Gasteiger partial charge in [-0.1, -0.05) is 0 Å². The van der Waals surface area contributed by atoms with E-state index < -0.39 is 0 Å². The molecule has 0 spiro atoms. The van der Waals surface area contributed by atoms with Gasteiger partial charge in [-0.3, -0.25) is 0 Å². The average molecular weight is 214 g/mol. The third-order valence-electron chi connectivity index (χ3n) is 1.67. The summed E-state index contributed by atoms with van der Waals surface area (Å²) in [7, 11) is 1.70. The molecule has 0 atom stereocenters. The predicted molar refractivity (Wildman–Crippen MR) is 54.3 cm³/mol. The van der Waals surface area contributed by atoms with Crippen molar-refractivity contribution in [1.29, 1.82) is 0 Å². The molecule has 0 aromatic carbocycles. The summed E-state index contributed by atoms with van der Waals surface area (Å²) in [4.78, 5) is 0. The molecule has 0 aliphatic rings. The lowest BCUT2D eigenvalue weighted by molar-refractivity contribution is 0.191.